The first kappa shape index (κ1) is 19.2. The van der Waals surface area contributed by atoms with Gasteiger partial charge in [-0.15, -0.1) is 11.3 Å². The van der Waals surface area contributed by atoms with Crippen LogP contribution in [0.5, 0.6) is 11.5 Å². The summed E-state index contributed by atoms with van der Waals surface area (Å²) in [6.07, 6.45) is -0.602. The van der Waals surface area contributed by atoms with E-state index in [0.717, 1.165) is 5.56 Å². The predicted molar refractivity (Wildman–Crippen MR) is 103 cm³/mol. The van der Waals surface area contributed by atoms with Crippen molar-refractivity contribution in [3.63, 3.8) is 0 Å². The molecule has 29 heavy (non-hydrogen) atoms. The van der Waals surface area contributed by atoms with E-state index in [1.165, 1.54) is 11.3 Å². The van der Waals surface area contributed by atoms with Gasteiger partial charge in [0, 0.05) is 13.1 Å². The maximum absolute atomic E-state index is 12.5. The van der Waals surface area contributed by atoms with E-state index < -0.39 is 18.0 Å². The largest absolute Gasteiger partial charge is 0.454 e. The molecule has 0 spiro atoms. The number of ether oxygens (including phenoxy) is 3. The van der Waals surface area contributed by atoms with Crippen LogP contribution in [0.1, 0.15) is 15.2 Å². The maximum atomic E-state index is 12.5. The van der Waals surface area contributed by atoms with Gasteiger partial charge in [0.1, 0.15) is 6.23 Å². The van der Waals surface area contributed by atoms with Crippen molar-refractivity contribution in [2.45, 2.75) is 12.8 Å². The van der Waals surface area contributed by atoms with Crippen LogP contribution < -0.4 is 20.1 Å². The van der Waals surface area contributed by atoms with Crippen molar-refractivity contribution >= 4 is 29.1 Å². The molecule has 9 nitrogen and oxygen atoms in total. The van der Waals surface area contributed by atoms with Gasteiger partial charge in [0.05, 0.1) is 18.0 Å². The number of nitrogens with zero attached hydrogens (tertiary/aromatic N) is 1. The minimum atomic E-state index is -0.787. The summed E-state index contributed by atoms with van der Waals surface area (Å²) >= 11 is 1.35. The van der Waals surface area contributed by atoms with E-state index >= 15 is 0 Å². The van der Waals surface area contributed by atoms with E-state index in [1.807, 2.05) is 5.38 Å². The first-order chi connectivity index (χ1) is 14.1. The monoisotopic (exact) mass is 417 g/mol. The molecule has 0 bridgehead atoms. The zero-order valence-corrected chi connectivity index (χ0v) is 16.2. The molecule has 0 radical (unpaired) electrons. The molecule has 4 rings (SSSR count). The highest BCUT2D eigenvalue weighted by Gasteiger charge is 2.31. The molecule has 1 aromatic heterocycles. The van der Waals surface area contributed by atoms with E-state index in [4.69, 9.17) is 14.2 Å². The number of hydrogen-bond acceptors (Lipinski definition) is 7. The molecule has 2 aliphatic heterocycles. The summed E-state index contributed by atoms with van der Waals surface area (Å²) in [6, 6.07) is 8.83. The molecule has 1 atom stereocenters. The van der Waals surface area contributed by atoms with Crippen molar-refractivity contribution in [2.75, 3.05) is 26.5 Å². The molecule has 0 aliphatic carbocycles. The van der Waals surface area contributed by atoms with Gasteiger partial charge >= 0.3 is 11.8 Å². The van der Waals surface area contributed by atoms with Crippen molar-refractivity contribution < 1.29 is 28.6 Å². The Morgan fingerprint density at radius 3 is 2.76 bits per heavy atom. The average Bonchev–Trinajstić information content (AvgIpc) is 3.50. The van der Waals surface area contributed by atoms with E-state index in [0.29, 0.717) is 29.5 Å². The van der Waals surface area contributed by atoms with Crippen molar-refractivity contribution in [3.8, 4) is 11.5 Å². The minimum Gasteiger partial charge on any atom is -0.454 e. The number of carbonyl (C=O) groups is 3. The standard InChI is InChI=1S/C19H19N3O6S/c23-17(20-9-12-3-4-13-14(8-12)28-11-27-13)18(24)21-10-16-22(5-6-26-16)19(25)15-2-1-7-29-15/h1-4,7-8,16H,5-6,9-11H2,(H,20,23)(H,21,24). The number of rotatable bonds is 5. The van der Waals surface area contributed by atoms with Crippen LogP contribution in [0, 0.1) is 0 Å². The highest BCUT2D eigenvalue weighted by Crippen LogP contribution is 2.32. The third-order valence-corrected chi connectivity index (χ3v) is 5.37. The van der Waals surface area contributed by atoms with Gasteiger partial charge in [-0.25, -0.2) is 0 Å². The fraction of sp³-hybridized carbons (Fsp3) is 0.316. The number of thiophene rings is 1. The number of benzene rings is 1. The highest BCUT2D eigenvalue weighted by atomic mass is 32.1. The van der Waals surface area contributed by atoms with Gasteiger partial charge in [0.25, 0.3) is 5.91 Å². The lowest BCUT2D eigenvalue weighted by molar-refractivity contribution is -0.139. The second kappa shape index (κ2) is 8.50. The zero-order chi connectivity index (χ0) is 20.2. The van der Waals surface area contributed by atoms with Crippen LogP contribution in [0.3, 0.4) is 0 Å². The Bertz CT molecular complexity index is 917. The molecular formula is C19H19N3O6S. The number of amides is 3. The lowest BCUT2D eigenvalue weighted by Crippen LogP contribution is -2.47. The number of fused-ring (bicyclic) bond motifs is 1. The molecule has 0 saturated carbocycles. The molecule has 1 unspecified atom stereocenters. The van der Waals surface area contributed by atoms with Crippen molar-refractivity contribution in [3.05, 3.63) is 46.2 Å². The zero-order valence-electron chi connectivity index (χ0n) is 15.4. The molecule has 3 heterocycles. The summed E-state index contributed by atoms with van der Waals surface area (Å²) in [5, 5.41) is 6.90. The van der Waals surface area contributed by atoms with E-state index in [1.54, 1.807) is 35.2 Å². The van der Waals surface area contributed by atoms with E-state index in [-0.39, 0.29) is 25.8 Å². The Balaban J connectivity index is 1.25. The Morgan fingerprint density at radius 2 is 1.93 bits per heavy atom. The van der Waals surface area contributed by atoms with Gasteiger partial charge in [0.2, 0.25) is 6.79 Å². The van der Waals surface area contributed by atoms with Crippen LogP contribution in [0.4, 0.5) is 0 Å². The average molecular weight is 417 g/mol. The predicted octanol–water partition coefficient (Wildman–Crippen LogP) is 0.708. The second-order valence-corrected chi connectivity index (χ2v) is 7.33. The van der Waals surface area contributed by atoms with Gasteiger partial charge in [-0.2, -0.15) is 0 Å². The summed E-state index contributed by atoms with van der Waals surface area (Å²) in [6.45, 7) is 1.20. The van der Waals surface area contributed by atoms with Gasteiger partial charge in [-0.05, 0) is 29.1 Å². The summed E-state index contributed by atoms with van der Waals surface area (Å²) in [5.74, 6) is -0.448. The molecule has 1 saturated heterocycles. The quantitative estimate of drug-likeness (QED) is 0.694. The normalized spacial score (nSPS) is 17.2. The Kier molecular flexibility index (Phi) is 5.63. The fourth-order valence-electron chi connectivity index (χ4n) is 3.04. The van der Waals surface area contributed by atoms with E-state index in [9.17, 15) is 14.4 Å². The Morgan fingerprint density at radius 1 is 1.10 bits per heavy atom. The molecule has 1 fully saturated rings. The lowest BCUT2D eigenvalue weighted by Gasteiger charge is -2.22. The smallest absolute Gasteiger partial charge is 0.309 e. The SMILES string of the molecule is O=C(NCc1ccc2c(c1)OCO2)C(=O)NCC1OCCN1C(=O)c1cccs1. The van der Waals surface area contributed by atoms with Crippen LogP contribution in [0.2, 0.25) is 0 Å². The minimum absolute atomic E-state index is 0.0351. The number of hydrogen-bond donors (Lipinski definition) is 2. The molecule has 152 valence electrons. The third-order valence-electron chi connectivity index (χ3n) is 4.52. The summed E-state index contributed by atoms with van der Waals surface area (Å²) in [7, 11) is 0. The van der Waals surface area contributed by atoms with Gasteiger partial charge in [-0.3, -0.25) is 14.4 Å². The second-order valence-electron chi connectivity index (χ2n) is 6.38. The van der Waals surface area contributed by atoms with Crippen LogP contribution >= 0.6 is 11.3 Å². The fourth-order valence-corrected chi connectivity index (χ4v) is 3.72. The maximum Gasteiger partial charge on any atom is 0.309 e. The summed E-state index contributed by atoms with van der Waals surface area (Å²) in [5.41, 5.74) is 0.780. The number of carbonyl (C=O) groups excluding carboxylic acids is 3. The van der Waals surface area contributed by atoms with Gasteiger partial charge in [-0.1, -0.05) is 12.1 Å². The first-order valence-corrected chi connectivity index (χ1v) is 9.90. The third kappa shape index (κ3) is 4.33. The first-order valence-electron chi connectivity index (χ1n) is 9.02. The summed E-state index contributed by atoms with van der Waals surface area (Å²) < 4.78 is 16.0. The number of nitrogens with one attached hydrogen (secondary N) is 2. The molecule has 2 aliphatic rings. The topological polar surface area (TPSA) is 106 Å². The molecule has 2 aromatic rings. The lowest BCUT2D eigenvalue weighted by atomic mass is 10.2. The van der Waals surface area contributed by atoms with Crippen molar-refractivity contribution in [2.24, 2.45) is 0 Å². The van der Waals surface area contributed by atoms with Crippen LogP contribution in [-0.4, -0.2) is 55.3 Å². The van der Waals surface area contributed by atoms with Crippen molar-refractivity contribution in [1.82, 2.24) is 15.5 Å². The van der Waals surface area contributed by atoms with Crippen LogP contribution in [0.15, 0.2) is 35.7 Å². The molecule has 10 heteroatoms. The van der Waals surface area contributed by atoms with Crippen LogP contribution in [0.25, 0.3) is 0 Å². The Hall–Kier alpha value is -3.11. The molecular weight excluding hydrogens is 398 g/mol. The van der Waals surface area contributed by atoms with Crippen LogP contribution in [-0.2, 0) is 20.9 Å². The Labute approximate surface area is 170 Å². The molecule has 3 amide bonds. The van der Waals surface area contributed by atoms with Crippen molar-refractivity contribution in [1.29, 1.82) is 0 Å². The van der Waals surface area contributed by atoms with Gasteiger partial charge in [0.15, 0.2) is 11.5 Å². The summed E-state index contributed by atoms with van der Waals surface area (Å²) in [4.78, 5) is 38.8. The molecule has 2 N–H and O–H groups in total. The molecule has 1 aromatic carbocycles. The van der Waals surface area contributed by atoms with E-state index in [2.05, 4.69) is 10.6 Å². The van der Waals surface area contributed by atoms with Gasteiger partial charge < -0.3 is 29.7 Å². The highest BCUT2D eigenvalue weighted by molar-refractivity contribution is 7.12.